The fourth-order valence-corrected chi connectivity index (χ4v) is 2.92. The van der Waals surface area contributed by atoms with Crippen molar-refractivity contribution in [2.24, 2.45) is 0 Å². The van der Waals surface area contributed by atoms with E-state index < -0.39 is 0 Å². The number of aryl methyl sites for hydroxylation is 1. The van der Waals surface area contributed by atoms with Gasteiger partial charge in [-0.15, -0.1) is 0 Å². The summed E-state index contributed by atoms with van der Waals surface area (Å²) >= 11 is 0. The molecule has 0 spiro atoms. The second-order valence-electron chi connectivity index (χ2n) is 6.10. The van der Waals surface area contributed by atoms with Crippen molar-refractivity contribution in [2.45, 2.75) is 45.6 Å². The molecule has 0 aliphatic carbocycles. The lowest BCUT2D eigenvalue weighted by Crippen LogP contribution is -2.30. The summed E-state index contributed by atoms with van der Waals surface area (Å²) in [5.74, 6) is 1.91. The third-order valence-corrected chi connectivity index (χ3v) is 4.00. The van der Waals surface area contributed by atoms with E-state index in [0.29, 0.717) is 0 Å². The number of aromatic amines is 1. The van der Waals surface area contributed by atoms with Gasteiger partial charge in [0, 0.05) is 37.3 Å². The fraction of sp³-hybridized carbons (Fsp3) is 0.562. The first kappa shape index (κ1) is 14.8. The third kappa shape index (κ3) is 3.75. The molecule has 0 bridgehead atoms. The fourth-order valence-electron chi connectivity index (χ4n) is 2.92. The molecule has 0 amide bonds. The molecule has 0 aromatic carbocycles. The average molecular weight is 300 g/mol. The van der Waals surface area contributed by atoms with Gasteiger partial charge in [0.15, 0.2) is 0 Å². The first-order valence-electron chi connectivity index (χ1n) is 8.05. The molecule has 0 radical (unpaired) electrons. The van der Waals surface area contributed by atoms with E-state index in [2.05, 4.69) is 49.4 Å². The van der Waals surface area contributed by atoms with Gasteiger partial charge in [-0.2, -0.15) is 5.10 Å². The molecule has 6 nitrogen and oxygen atoms in total. The summed E-state index contributed by atoms with van der Waals surface area (Å²) in [7, 11) is 0. The molecule has 3 heterocycles. The number of piperidine rings is 1. The van der Waals surface area contributed by atoms with Crippen LogP contribution in [0.2, 0.25) is 0 Å². The lowest BCUT2D eigenvalue weighted by atomic mass is 10.1. The molecule has 1 atom stereocenters. The largest absolute Gasteiger partial charge is 0.367 e. The normalized spacial score (nSPS) is 16.5. The van der Waals surface area contributed by atoms with Crippen molar-refractivity contribution >= 4 is 11.6 Å². The second-order valence-corrected chi connectivity index (χ2v) is 6.10. The molecule has 2 aromatic heterocycles. The molecule has 2 aromatic rings. The number of nitrogens with one attached hydrogen (secondary N) is 2. The molecule has 3 rings (SSSR count). The van der Waals surface area contributed by atoms with E-state index in [9.17, 15) is 0 Å². The SMILES string of the molecule is Cc1cc(CC(C)Nc2cc(N3CCCCC3)ncn2)n[nH]1. The minimum atomic E-state index is 0.270. The van der Waals surface area contributed by atoms with E-state index in [0.717, 1.165) is 42.5 Å². The molecular weight excluding hydrogens is 276 g/mol. The highest BCUT2D eigenvalue weighted by Crippen LogP contribution is 2.19. The standard InChI is InChI=1S/C16H24N6/c1-12(8-14-9-13(2)20-21-14)19-15-10-16(18-11-17-15)22-6-4-3-5-7-22/h9-12H,3-8H2,1-2H3,(H,20,21)(H,17,18,19). The van der Waals surface area contributed by atoms with Gasteiger partial charge in [0.2, 0.25) is 0 Å². The lowest BCUT2D eigenvalue weighted by Gasteiger charge is -2.27. The monoisotopic (exact) mass is 300 g/mol. The molecular formula is C16H24N6. The minimum absolute atomic E-state index is 0.270. The summed E-state index contributed by atoms with van der Waals surface area (Å²) in [6, 6.07) is 4.40. The Labute approximate surface area is 131 Å². The van der Waals surface area contributed by atoms with E-state index in [1.54, 1.807) is 6.33 Å². The summed E-state index contributed by atoms with van der Waals surface area (Å²) in [5, 5.41) is 10.7. The van der Waals surface area contributed by atoms with Crippen LogP contribution in [0, 0.1) is 6.92 Å². The molecule has 22 heavy (non-hydrogen) atoms. The van der Waals surface area contributed by atoms with Crippen LogP contribution in [0.3, 0.4) is 0 Å². The number of hydrogen-bond acceptors (Lipinski definition) is 5. The maximum absolute atomic E-state index is 4.42. The molecule has 1 fully saturated rings. The van der Waals surface area contributed by atoms with Crippen LogP contribution in [0.5, 0.6) is 0 Å². The smallest absolute Gasteiger partial charge is 0.134 e. The quantitative estimate of drug-likeness (QED) is 0.888. The molecule has 0 saturated carbocycles. The lowest BCUT2D eigenvalue weighted by molar-refractivity contribution is 0.573. The van der Waals surface area contributed by atoms with Crippen LogP contribution in [-0.2, 0) is 6.42 Å². The van der Waals surface area contributed by atoms with Gasteiger partial charge < -0.3 is 10.2 Å². The highest BCUT2D eigenvalue weighted by molar-refractivity contribution is 5.49. The van der Waals surface area contributed by atoms with Gasteiger partial charge in [-0.3, -0.25) is 5.10 Å². The predicted octanol–water partition coefficient (Wildman–Crippen LogP) is 2.54. The Bertz CT molecular complexity index is 602. The van der Waals surface area contributed by atoms with Gasteiger partial charge in [-0.25, -0.2) is 9.97 Å². The molecule has 1 unspecified atom stereocenters. The minimum Gasteiger partial charge on any atom is -0.367 e. The Kier molecular flexibility index (Phi) is 4.56. The van der Waals surface area contributed by atoms with Gasteiger partial charge in [-0.1, -0.05) is 0 Å². The van der Waals surface area contributed by atoms with Crippen LogP contribution in [0.4, 0.5) is 11.6 Å². The van der Waals surface area contributed by atoms with Gasteiger partial charge in [0.1, 0.15) is 18.0 Å². The second kappa shape index (κ2) is 6.77. The zero-order valence-electron chi connectivity index (χ0n) is 13.3. The number of aromatic nitrogens is 4. The Morgan fingerprint density at radius 2 is 2.05 bits per heavy atom. The van der Waals surface area contributed by atoms with Crippen LogP contribution < -0.4 is 10.2 Å². The van der Waals surface area contributed by atoms with Crippen molar-refractivity contribution in [3.63, 3.8) is 0 Å². The van der Waals surface area contributed by atoms with Gasteiger partial charge in [0.05, 0.1) is 5.69 Å². The number of hydrogen-bond donors (Lipinski definition) is 2. The summed E-state index contributed by atoms with van der Waals surface area (Å²) in [6.45, 7) is 6.35. The van der Waals surface area contributed by atoms with E-state index in [-0.39, 0.29) is 6.04 Å². The highest BCUT2D eigenvalue weighted by Gasteiger charge is 2.13. The molecule has 2 N–H and O–H groups in total. The number of anilines is 2. The summed E-state index contributed by atoms with van der Waals surface area (Å²) < 4.78 is 0. The van der Waals surface area contributed by atoms with Crippen LogP contribution in [0.15, 0.2) is 18.5 Å². The van der Waals surface area contributed by atoms with E-state index in [1.165, 1.54) is 19.3 Å². The maximum atomic E-state index is 4.42. The molecule has 1 aliphatic rings. The van der Waals surface area contributed by atoms with Crippen molar-refractivity contribution in [3.05, 3.63) is 29.8 Å². The number of H-pyrrole nitrogens is 1. The Hall–Kier alpha value is -2.11. The maximum Gasteiger partial charge on any atom is 0.134 e. The van der Waals surface area contributed by atoms with E-state index in [1.807, 2.05) is 6.92 Å². The Balaban J connectivity index is 1.61. The van der Waals surface area contributed by atoms with Crippen LogP contribution in [0.25, 0.3) is 0 Å². The zero-order chi connectivity index (χ0) is 15.4. The topological polar surface area (TPSA) is 69.7 Å². The van der Waals surface area contributed by atoms with Crippen molar-refractivity contribution in [1.82, 2.24) is 20.2 Å². The molecule has 1 saturated heterocycles. The van der Waals surface area contributed by atoms with Crippen LogP contribution in [-0.4, -0.2) is 39.3 Å². The van der Waals surface area contributed by atoms with Crippen LogP contribution in [0.1, 0.15) is 37.6 Å². The van der Waals surface area contributed by atoms with Gasteiger partial charge in [0.25, 0.3) is 0 Å². The van der Waals surface area contributed by atoms with E-state index >= 15 is 0 Å². The highest BCUT2D eigenvalue weighted by atomic mass is 15.2. The average Bonchev–Trinajstić information content (AvgIpc) is 2.93. The summed E-state index contributed by atoms with van der Waals surface area (Å²) in [6.07, 6.45) is 6.35. The van der Waals surface area contributed by atoms with Crippen molar-refractivity contribution in [1.29, 1.82) is 0 Å². The Morgan fingerprint density at radius 1 is 1.23 bits per heavy atom. The third-order valence-electron chi connectivity index (χ3n) is 4.00. The zero-order valence-corrected chi connectivity index (χ0v) is 13.3. The first-order chi connectivity index (χ1) is 10.7. The van der Waals surface area contributed by atoms with E-state index in [4.69, 9.17) is 0 Å². The first-order valence-corrected chi connectivity index (χ1v) is 8.05. The van der Waals surface area contributed by atoms with Gasteiger partial charge in [-0.05, 0) is 39.2 Å². The summed E-state index contributed by atoms with van der Waals surface area (Å²) in [4.78, 5) is 11.1. The van der Waals surface area contributed by atoms with Crippen molar-refractivity contribution < 1.29 is 0 Å². The molecule has 118 valence electrons. The number of rotatable bonds is 5. The van der Waals surface area contributed by atoms with Crippen molar-refractivity contribution in [3.8, 4) is 0 Å². The molecule has 1 aliphatic heterocycles. The Morgan fingerprint density at radius 3 is 2.77 bits per heavy atom. The van der Waals surface area contributed by atoms with Crippen LogP contribution >= 0.6 is 0 Å². The van der Waals surface area contributed by atoms with Gasteiger partial charge >= 0.3 is 0 Å². The predicted molar refractivity (Wildman–Crippen MR) is 88.2 cm³/mol. The van der Waals surface area contributed by atoms with Crippen molar-refractivity contribution in [2.75, 3.05) is 23.3 Å². The molecule has 6 heteroatoms. The summed E-state index contributed by atoms with van der Waals surface area (Å²) in [5.41, 5.74) is 2.17. The number of nitrogens with zero attached hydrogens (tertiary/aromatic N) is 4.